The molecule has 0 amide bonds. The Hall–Kier alpha value is -2.05. The first-order valence-corrected chi connectivity index (χ1v) is 6.42. The van der Waals surface area contributed by atoms with Crippen LogP contribution in [0, 0.1) is 11.3 Å². The monoisotopic (exact) mass is 271 g/mol. The van der Waals surface area contributed by atoms with E-state index in [0.717, 1.165) is 12.1 Å². The lowest BCUT2D eigenvalue weighted by Crippen LogP contribution is -2.12. The molecule has 0 bridgehead atoms. The number of benzene rings is 1. The van der Waals surface area contributed by atoms with Gasteiger partial charge in [-0.25, -0.2) is 4.98 Å². The highest BCUT2D eigenvalue weighted by atomic mass is 35.5. The number of pyridine rings is 1. The van der Waals surface area contributed by atoms with Crippen molar-refractivity contribution in [3.8, 4) is 6.07 Å². The molecule has 0 saturated heterocycles. The van der Waals surface area contributed by atoms with E-state index in [4.69, 9.17) is 16.9 Å². The molecule has 0 aliphatic carbocycles. The van der Waals surface area contributed by atoms with Crippen molar-refractivity contribution < 1.29 is 0 Å². The minimum absolute atomic E-state index is 0.382. The molecule has 0 atom stereocenters. The molecule has 4 heteroatoms. The number of nitriles is 1. The van der Waals surface area contributed by atoms with Gasteiger partial charge in [-0.05, 0) is 30.2 Å². The number of rotatable bonds is 3. The van der Waals surface area contributed by atoms with E-state index in [1.54, 1.807) is 12.3 Å². The van der Waals surface area contributed by atoms with Crippen LogP contribution in [0.2, 0.25) is 5.02 Å². The van der Waals surface area contributed by atoms with E-state index < -0.39 is 0 Å². The third-order valence-corrected chi connectivity index (χ3v) is 3.41. The van der Waals surface area contributed by atoms with Crippen molar-refractivity contribution in [3.05, 3.63) is 52.7 Å². The maximum Gasteiger partial charge on any atom is 0.152 e. The molecule has 2 rings (SSSR count). The van der Waals surface area contributed by atoms with Gasteiger partial charge in [0.05, 0.1) is 5.56 Å². The Morgan fingerprint density at radius 3 is 2.53 bits per heavy atom. The van der Waals surface area contributed by atoms with Gasteiger partial charge in [-0.15, -0.1) is 0 Å². The van der Waals surface area contributed by atoms with Crippen molar-refractivity contribution in [3.63, 3.8) is 0 Å². The molecule has 96 valence electrons. The van der Waals surface area contributed by atoms with E-state index in [1.165, 1.54) is 5.56 Å². The molecule has 19 heavy (non-hydrogen) atoms. The smallest absolute Gasteiger partial charge is 0.152 e. The summed E-state index contributed by atoms with van der Waals surface area (Å²) in [5.41, 5.74) is 2.70. The molecule has 2 aromatic rings. The first-order chi connectivity index (χ1) is 9.17. The molecule has 1 heterocycles. The summed E-state index contributed by atoms with van der Waals surface area (Å²) in [6, 6.07) is 11.9. The largest absolute Gasteiger partial charge is 0.328 e. The Balaban J connectivity index is 2.38. The summed E-state index contributed by atoms with van der Waals surface area (Å²) >= 11 is 6.19. The quantitative estimate of drug-likeness (QED) is 0.849. The molecule has 1 aromatic heterocycles. The van der Waals surface area contributed by atoms with Gasteiger partial charge in [0.2, 0.25) is 0 Å². The van der Waals surface area contributed by atoms with Crippen LogP contribution in [0.4, 0.5) is 11.5 Å². The van der Waals surface area contributed by atoms with E-state index in [2.05, 4.69) is 30.1 Å². The zero-order valence-electron chi connectivity index (χ0n) is 10.9. The molecule has 0 aliphatic heterocycles. The first kappa shape index (κ1) is 13.4. The summed E-state index contributed by atoms with van der Waals surface area (Å²) in [4.78, 5) is 6.13. The molecule has 3 nitrogen and oxygen atoms in total. The summed E-state index contributed by atoms with van der Waals surface area (Å²) in [6.07, 6.45) is 2.60. The highest BCUT2D eigenvalue weighted by Crippen LogP contribution is 2.30. The predicted molar refractivity (Wildman–Crippen MR) is 77.8 cm³/mol. The minimum Gasteiger partial charge on any atom is -0.328 e. The second kappa shape index (κ2) is 5.73. The van der Waals surface area contributed by atoms with Crippen LogP contribution in [0.15, 0.2) is 36.5 Å². The van der Waals surface area contributed by atoms with Crippen molar-refractivity contribution in [2.75, 3.05) is 11.9 Å². The number of aryl methyl sites for hydroxylation is 1. The van der Waals surface area contributed by atoms with Gasteiger partial charge in [0.25, 0.3) is 0 Å². The van der Waals surface area contributed by atoms with Crippen LogP contribution in [0.25, 0.3) is 0 Å². The molecular weight excluding hydrogens is 258 g/mol. The Morgan fingerprint density at radius 2 is 1.95 bits per heavy atom. The lowest BCUT2D eigenvalue weighted by molar-refractivity contribution is 1.11. The van der Waals surface area contributed by atoms with Gasteiger partial charge in [0, 0.05) is 18.9 Å². The van der Waals surface area contributed by atoms with E-state index >= 15 is 0 Å². The summed E-state index contributed by atoms with van der Waals surface area (Å²) < 4.78 is 0. The van der Waals surface area contributed by atoms with Crippen molar-refractivity contribution in [2.45, 2.75) is 13.3 Å². The van der Waals surface area contributed by atoms with Crippen LogP contribution >= 0.6 is 11.6 Å². The molecule has 0 fully saturated rings. The van der Waals surface area contributed by atoms with E-state index in [-0.39, 0.29) is 0 Å². The average molecular weight is 272 g/mol. The normalized spacial score (nSPS) is 10.0. The Kier molecular flexibility index (Phi) is 4.03. The second-order valence-corrected chi connectivity index (χ2v) is 4.56. The number of hydrogen-bond acceptors (Lipinski definition) is 3. The maximum absolute atomic E-state index is 8.98. The third-order valence-electron chi connectivity index (χ3n) is 3.04. The Bertz CT molecular complexity index is 614. The van der Waals surface area contributed by atoms with Crippen molar-refractivity contribution >= 4 is 23.1 Å². The van der Waals surface area contributed by atoms with E-state index in [1.807, 2.05) is 24.1 Å². The topological polar surface area (TPSA) is 39.9 Å². The average Bonchev–Trinajstić information content (AvgIpc) is 2.47. The molecule has 0 saturated carbocycles. The molecule has 1 aromatic carbocycles. The van der Waals surface area contributed by atoms with Crippen LogP contribution in [0.1, 0.15) is 18.1 Å². The number of nitrogens with zero attached hydrogens (tertiary/aromatic N) is 3. The van der Waals surface area contributed by atoms with E-state index in [9.17, 15) is 0 Å². The third kappa shape index (κ3) is 2.69. The molecule has 0 aliphatic rings. The molecule has 0 N–H and O–H groups in total. The summed E-state index contributed by atoms with van der Waals surface area (Å²) in [7, 11) is 1.89. The van der Waals surface area contributed by atoms with Crippen LogP contribution in [0.5, 0.6) is 0 Å². The van der Waals surface area contributed by atoms with Gasteiger partial charge in [0.1, 0.15) is 11.1 Å². The zero-order chi connectivity index (χ0) is 13.8. The lowest BCUT2D eigenvalue weighted by atomic mass is 10.1. The van der Waals surface area contributed by atoms with Gasteiger partial charge in [-0.3, -0.25) is 0 Å². The highest BCUT2D eigenvalue weighted by Gasteiger charge is 2.12. The SMILES string of the molecule is CCc1ccc(N(C)c2nccc(C#N)c2Cl)cc1. The van der Waals surface area contributed by atoms with Gasteiger partial charge < -0.3 is 4.90 Å². The van der Waals surface area contributed by atoms with Crippen LogP contribution in [-0.4, -0.2) is 12.0 Å². The highest BCUT2D eigenvalue weighted by molar-refractivity contribution is 6.34. The molecule has 0 spiro atoms. The molecular formula is C15H14ClN3. The van der Waals surface area contributed by atoms with Crippen LogP contribution in [-0.2, 0) is 6.42 Å². The first-order valence-electron chi connectivity index (χ1n) is 6.04. The van der Waals surface area contributed by atoms with E-state index in [0.29, 0.717) is 16.4 Å². The Morgan fingerprint density at radius 1 is 1.26 bits per heavy atom. The summed E-state index contributed by atoms with van der Waals surface area (Å²) in [5, 5.41) is 9.36. The fraction of sp³-hybridized carbons (Fsp3) is 0.200. The van der Waals surface area contributed by atoms with Crippen LogP contribution < -0.4 is 4.90 Å². The second-order valence-electron chi connectivity index (χ2n) is 4.19. The minimum atomic E-state index is 0.382. The van der Waals surface area contributed by atoms with Gasteiger partial charge in [-0.2, -0.15) is 5.26 Å². The molecule has 0 radical (unpaired) electrons. The predicted octanol–water partition coefficient (Wildman–Crippen LogP) is 3.94. The zero-order valence-corrected chi connectivity index (χ0v) is 11.6. The molecule has 0 unspecified atom stereocenters. The summed E-state index contributed by atoms with van der Waals surface area (Å²) in [5.74, 6) is 0.588. The lowest BCUT2D eigenvalue weighted by Gasteiger charge is -2.20. The van der Waals surface area contributed by atoms with Crippen LogP contribution in [0.3, 0.4) is 0 Å². The number of hydrogen-bond donors (Lipinski definition) is 0. The number of halogens is 1. The van der Waals surface area contributed by atoms with Gasteiger partial charge in [0.15, 0.2) is 5.82 Å². The fourth-order valence-electron chi connectivity index (χ4n) is 1.83. The number of anilines is 2. The fourth-order valence-corrected chi connectivity index (χ4v) is 2.11. The van der Waals surface area contributed by atoms with Gasteiger partial charge in [-0.1, -0.05) is 30.7 Å². The van der Waals surface area contributed by atoms with Crippen molar-refractivity contribution in [1.29, 1.82) is 5.26 Å². The Labute approximate surface area is 118 Å². The van der Waals surface area contributed by atoms with Gasteiger partial charge >= 0.3 is 0 Å². The van der Waals surface area contributed by atoms with Crippen molar-refractivity contribution in [2.24, 2.45) is 0 Å². The van der Waals surface area contributed by atoms with Crippen molar-refractivity contribution in [1.82, 2.24) is 4.98 Å². The summed E-state index contributed by atoms with van der Waals surface area (Å²) in [6.45, 7) is 2.12. The standard InChI is InChI=1S/C15H14ClN3/c1-3-11-4-6-13(7-5-11)19(2)15-14(16)12(10-17)8-9-18-15/h4-9H,3H2,1-2H3. The maximum atomic E-state index is 8.98. The number of aromatic nitrogens is 1.